The first-order valence-corrected chi connectivity index (χ1v) is 11.4. The molecule has 154 valence electrons. The smallest absolute Gasteiger partial charge is 0.338 e. The zero-order valence-corrected chi connectivity index (χ0v) is 18.2. The Balaban J connectivity index is 1.67. The Bertz CT molecular complexity index is 1000. The maximum Gasteiger partial charge on any atom is 0.338 e. The Kier molecular flexibility index (Phi) is 6.71. The first kappa shape index (κ1) is 21.5. The normalized spacial score (nSPS) is 15.7. The van der Waals surface area contributed by atoms with Gasteiger partial charge < -0.3 is 10.1 Å². The molecule has 9 heteroatoms. The number of amides is 1. The van der Waals surface area contributed by atoms with E-state index in [2.05, 4.69) is 21.2 Å². The van der Waals surface area contributed by atoms with Crippen molar-refractivity contribution in [3.05, 3.63) is 58.6 Å². The van der Waals surface area contributed by atoms with Crippen LogP contribution in [0.2, 0.25) is 0 Å². The number of rotatable bonds is 6. The highest BCUT2D eigenvalue weighted by molar-refractivity contribution is 9.10. The quantitative estimate of drug-likeness (QED) is 0.639. The van der Waals surface area contributed by atoms with Gasteiger partial charge in [0, 0.05) is 23.2 Å². The number of nitrogens with zero attached hydrogens (tertiary/aromatic N) is 1. The molecule has 0 spiro atoms. The van der Waals surface area contributed by atoms with Gasteiger partial charge in [0.05, 0.1) is 10.5 Å². The van der Waals surface area contributed by atoms with Gasteiger partial charge in [-0.25, -0.2) is 13.2 Å². The Morgan fingerprint density at radius 3 is 2.41 bits per heavy atom. The molecule has 3 rings (SSSR count). The second-order valence-corrected chi connectivity index (χ2v) is 9.54. The number of halogens is 1. The number of hydrogen-bond acceptors (Lipinski definition) is 5. The standard InChI is InChI=1S/C20H21BrN2O5S/c1-14(19(24)22-17-9-7-16(21)8-10-17)28-20(25)15-5-4-6-18(13-15)29(26,27)23-11-2-3-12-23/h4-10,13-14H,2-3,11-12H2,1H3,(H,22,24). The van der Waals surface area contributed by atoms with Crippen molar-refractivity contribution in [1.29, 1.82) is 0 Å². The first-order chi connectivity index (χ1) is 13.8. The lowest BCUT2D eigenvalue weighted by Crippen LogP contribution is -2.30. The van der Waals surface area contributed by atoms with Crippen LogP contribution in [-0.4, -0.2) is 43.8 Å². The van der Waals surface area contributed by atoms with Crippen LogP contribution in [0.25, 0.3) is 0 Å². The van der Waals surface area contributed by atoms with E-state index in [1.54, 1.807) is 24.3 Å². The summed E-state index contributed by atoms with van der Waals surface area (Å²) in [6.07, 6.45) is 0.600. The van der Waals surface area contributed by atoms with Gasteiger partial charge in [0.15, 0.2) is 6.10 Å². The third-order valence-corrected chi connectivity index (χ3v) is 6.96. The Labute approximate surface area is 178 Å². The van der Waals surface area contributed by atoms with Crippen molar-refractivity contribution in [3.8, 4) is 0 Å². The fourth-order valence-electron chi connectivity index (χ4n) is 2.92. The summed E-state index contributed by atoms with van der Waals surface area (Å²) in [7, 11) is -3.64. The molecule has 1 amide bonds. The van der Waals surface area contributed by atoms with E-state index in [0.29, 0.717) is 18.8 Å². The summed E-state index contributed by atoms with van der Waals surface area (Å²) in [5.74, 6) is -1.25. The summed E-state index contributed by atoms with van der Waals surface area (Å²) >= 11 is 3.31. The number of carbonyl (C=O) groups excluding carboxylic acids is 2. The second kappa shape index (κ2) is 9.06. The second-order valence-electron chi connectivity index (χ2n) is 6.68. The molecule has 1 N–H and O–H groups in total. The average molecular weight is 481 g/mol. The molecule has 2 aromatic rings. The van der Waals surface area contributed by atoms with Crippen LogP contribution >= 0.6 is 15.9 Å². The summed E-state index contributed by atoms with van der Waals surface area (Å²) in [5, 5.41) is 2.66. The fourth-order valence-corrected chi connectivity index (χ4v) is 4.75. The maximum absolute atomic E-state index is 12.7. The van der Waals surface area contributed by atoms with Crippen molar-refractivity contribution in [3.63, 3.8) is 0 Å². The van der Waals surface area contributed by atoms with E-state index in [1.165, 1.54) is 35.5 Å². The average Bonchev–Trinajstić information content (AvgIpc) is 3.25. The van der Waals surface area contributed by atoms with Crippen LogP contribution in [0, 0.1) is 0 Å². The molecule has 1 aliphatic rings. The van der Waals surface area contributed by atoms with E-state index in [9.17, 15) is 18.0 Å². The monoisotopic (exact) mass is 480 g/mol. The van der Waals surface area contributed by atoms with Gasteiger partial charge >= 0.3 is 5.97 Å². The summed E-state index contributed by atoms with van der Waals surface area (Å²) in [4.78, 5) is 24.7. The minimum Gasteiger partial charge on any atom is -0.449 e. The topological polar surface area (TPSA) is 92.8 Å². The first-order valence-electron chi connectivity index (χ1n) is 9.15. The van der Waals surface area contributed by atoms with E-state index in [0.717, 1.165) is 17.3 Å². The third-order valence-electron chi connectivity index (χ3n) is 4.54. The number of esters is 1. The molecule has 1 atom stereocenters. The molecule has 1 aliphatic heterocycles. The summed E-state index contributed by atoms with van der Waals surface area (Å²) in [6.45, 7) is 2.41. The highest BCUT2D eigenvalue weighted by atomic mass is 79.9. The molecule has 1 heterocycles. The van der Waals surface area contributed by atoms with Crippen molar-refractivity contribution in [1.82, 2.24) is 4.31 Å². The minimum absolute atomic E-state index is 0.0424. The van der Waals surface area contributed by atoms with Crippen LogP contribution in [0.4, 0.5) is 5.69 Å². The molecule has 1 saturated heterocycles. The molecule has 0 aromatic heterocycles. The van der Waals surface area contributed by atoms with Gasteiger partial charge in [-0.1, -0.05) is 22.0 Å². The number of benzene rings is 2. The van der Waals surface area contributed by atoms with Gasteiger partial charge in [-0.3, -0.25) is 4.79 Å². The Morgan fingerprint density at radius 2 is 1.76 bits per heavy atom. The predicted molar refractivity (Wildman–Crippen MR) is 112 cm³/mol. The van der Waals surface area contributed by atoms with Crippen LogP contribution in [0.15, 0.2) is 57.9 Å². The number of anilines is 1. The van der Waals surface area contributed by atoms with Crippen LogP contribution in [-0.2, 0) is 19.6 Å². The van der Waals surface area contributed by atoms with Crippen molar-refractivity contribution < 1.29 is 22.7 Å². The third kappa shape index (κ3) is 5.23. The zero-order valence-electron chi connectivity index (χ0n) is 15.8. The fraction of sp³-hybridized carbons (Fsp3) is 0.300. The van der Waals surface area contributed by atoms with Crippen molar-refractivity contribution >= 4 is 43.5 Å². The molecule has 7 nitrogen and oxygen atoms in total. The lowest BCUT2D eigenvalue weighted by molar-refractivity contribution is -0.123. The Hall–Kier alpha value is -2.23. The SMILES string of the molecule is CC(OC(=O)c1cccc(S(=O)(=O)N2CCCC2)c1)C(=O)Nc1ccc(Br)cc1. The molecular weight excluding hydrogens is 460 g/mol. The number of nitrogens with one attached hydrogen (secondary N) is 1. The zero-order chi connectivity index (χ0) is 21.0. The van der Waals surface area contributed by atoms with Gasteiger partial charge in [-0.05, 0) is 62.2 Å². The summed E-state index contributed by atoms with van der Waals surface area (Å²) in [5.41, 5.74) is 0.647. The van der Waals surface area contributed by atoms with E-state index in [-0.39, 0.29) is 10.5 Å². The van der Waals surface area contributed by atoms with Crippen LogP contribution < -0.4 is 5.32 Å². The lowest BCUT2D eigenvalue weighted by Gasteiger charge is -2.16. The largest absolute Gasteiger partial charge is 0.449 e. The summed E-state index contributed by atoms with van der Waals surface area (Å²) < 4.78 is 32.8. The van der Waals surface area contributed by atoms with Crippen molar-refractivity contribution in [2.45, 2.75) is 30.8 Å². The molecule has 0 bridgehead atoms. The maximum atomic E-state index is 12.7. The highest BCUT2D eigenvalue weighted by Gasteiger charge is 2.28. The highest BCUT2D eigenvalue weighted by Crippen LogP contribution is 2.22. The molecule has 29 heavy (non-hydrogen) atoms. The molecule has 0 radical (unpaired) electrons. The van der Waals surface area contributed by atoms with Gasteiger partial charge in [-0.2, -0.15) is 4.31 Å². The predicted octanol–water partition coefficient (Wildman–Crippen LogP) is 3.42. The molecule has 0 saturated carbocycles. The van der Waals surface area contributed by atoms with Crippen molar-refractivity contribution in [2.24, 2.45) is 0 Å². The van der Waals surface area contributed by atoms with Gasteiger partial charge in [0.25, 0.3) is 5.91 Å². The van der Waals surface area contributed by atoms with E-state index < -0.39 is 28.0 Å². The van der Waals surface area contributed by atoms with Gasteiger partial charge in [-0.15, -0.1) is 0 Å². The molecule has 1 unspecified atom stereocenters. The van der Waals surface area contributed by atoms with Crippen molar-refractivity contribution in [2.75, 3.05) is 18.4 Å². The lowest BCUT2D eigenvalue weighted by atomic mass is 10.2. The van der Waals surface area contributed by atoms with Gasteiger partial charge in [0.1, 0.15) is 0 Å². The van der Waals surface area contributed by atoms with E-state index >= 15 is 0 Å². The number of ether oxygens (including phenoxy) is 1. The van der Waals surface area contributed by atoms with Crippen LogP contribution in [0.5, 0.6) is 0 Å². The van der Waals surface area contributed by atoms with Gasteiger partial charge in [0.2, 0.25) is 10.0 Å². The number of carbonyl (C=O) groups is 2. The molecule has 0 aliphatic carbocycles. The molecular formula is C20H21BrN2O5S. The number of hydrogen-bond donors (Lipinski definition) is 1. The minimum atomic E-state index is -3.64. The molecule has 1 fully saturated rings. The number of sulfonamides is 1. The van der Waals surface area contributed by atoms with E-state index in [4.69, 9.17) is 4.74 Å². The molecule has 2 aromatic carbocycles. The summed E-state index contributed by atoms with van der Waals surface area (Å²) in [6, 6.07) is 12.7. The Morgan fingerprint density at radius 1 is 1.10 bits per heavy atom. The van der Waals surface area contributed by atoms with Crippen LogP contribution in [0.1, 0.15) is 30.1 Å². The van der Waals surface area contributed by atoms with E-state index in [1.807, 2.05) is 0 Å². The van der Waals surface area contributed by atoms with Crippen LogP contribution in [0.3, 0.4) is 0 Å².